The lowest BCUT2D eigenvalue weighted by atomic mass is 9.96. The van der Waals surface area contributed by atoms with Crippen LogP contribution in [0.4, 0.5) is 26.3 Å². The minimum atomic E-state index is -4.72. The van der Waals surface area contributed by atoms with Crippen molar-refractivity contribution in [1.29, 1.82) is 0 Å². The molecular formula is C31H28F6O. The van der Waals surface area contributed by atoms with Crippen molar-refractivity contribution in [2.24, 2.45) is 0 Å². The van der Waals surface area contributed by atoms with Gasteiger partial charge in [-0.25, -0.2) is 13.2 Å². The predicted octanol–water partition coefficient (Wildman–Crippen LogP) is 9.38. The van der Waals surface area contributed by atoms with E-state index in [9.17, 15) is 22.0 Å². The molecule has 0 saturated heterocycles. The normalized spacial score (nSPS) is 11.8. The van der Waals surface area contributed by atoms with Gasteiger partial charge in [-0.1, -0.05) is 68.3 Å². The van der Waals surface area contributed by atoms with E-state index in [-0.39, 0.29) is 18.4 Å². The van der Waals surface area contributed by atoms with Crippen molar-refractivity contribution in [3.63, 3.8) is 0 Å². The number of ether oxygens (including phenoxy) is 1. The molecule has 7 heteroatoms. The lowest BCUT2D eigenvalue weighted by molar-refractivity contribution is -0.154. The molecule has 0 unspecified atom stereocenters. The van der Waals surface area contributed by atoms with E-state index in [2.05, 4.69) is 35.9 Å². The molecule has 0 spiro atoms. The molecule has 1 nitrogen and oxygen atoms in total. The van der Waals surface area contributed by atoms with E-state index < -0.39 is 36.0 Å². The standard InChI is InChI=1S/C31H28F6O/c1-2-3-4-5-20-6-9-22(10-7-20)24-14-15-26-25(18-24)13-12-23(29(26)34)11-8-21-16-27(32)30(28(33)17-21)38-19-31(35,36)37/h6-7,9-10,12-18H,2-5,8,11,19H2,1H3. The second kappa shape index (κ2) is 11.9. The molecule has 200 valence electrons. The average molecular weight is 531 g/mol. The fourth-order valence-electron chi connectivity index (χ4n) is 4.48. The zero-order chi connectivity index (χ0) is 27.3. The van der Waals surface area contributed by atoms with Gasteiger partial charge in [0.05, 0.1) is 0 Å². The van der Waals surface area contributed by atoms with E-state index in [4.69, 9.17) is 0 Å². The third kappa shape index (κ3) is 6.88. The van der Waals surface area contributed by atoms with Gasteiger partial charge in [0.1, 0.15) is 5.82 Å². The summed E-state index contributed by atoms with van der Waals surface area (Å²) in [5, 5.41) is 1.18. The Labute approximate surface area is 218 Å². The van der Waals surface area contributed by atoms with Crippen LogP contribution in [0.15, 0.2) is 66.7 Å². The second-order valence-corrected chi connectivity index (χ2v) is 9.42. The van der Waals surface area contributed by atoms with Crippen LogP contribution in [0.5, 0.6) is 5.75 Å². The minimum Gasteiger partial charge on any atom is -0.478 e. The van der Waals surface area contributed by atoms with Crippen molar-refractivity contribution in [1.82, 2.24) is 0 Å². The van der Waals surface area contributed by atoms with Crippen LogP contribution < -0.4 is 4.74 Å². The Bertz CT molecular complexity index is 1370. The Hall–Kier alpha value is -3.48. The summed E-state index contributed by atoms with van der Waals surface area (Å²) in [4.78, 5) is 0. The van der Waals surface area contributed by atoms with Crippen LogP contribution in [-0.2, 0) is 19.3 Å². The summed E-state index contributed by atoms with van der Waals surface area (Å²) >= 11 is 0. The zero-order valence-electron chi connectivity index (χ0n) is 21.0. The van der Waals surface area contributed by atoms with Crippen LogP contribution in [0.3, 0.4) is 0 Å². The van der Waals surface area contributed by atoms with E-state index in [1.54, 1.807) is 12.1 Å². The number of benzene rings is 4. The molecule has 0 aliphatic rings. The number of alkyl halides is 3. The van der Waals surface area contributed by atoms with Gasteiger partial charge in [-0.3, -0.25) is 0 Å². The van der Waals surface area contributed by atoms with Crippen molar-refractivity contribution in [2.45, 2.75) is 51.6 Å². The Morgan fingerprint density at radius 1 is 0.684 bits per heavy atom. The molecule has 4 aromatic carbocycles. The number of fused-ring (bicyclic) bond motifs is 1. The number of hydrogen-bond donors (Lipinski definition) is 0. The molecule has 0 bridgehead atoms. The van der Waals surface area contributed by atoms with Gasteiger partial charge in [-0.05, 0) is 77.1 Å². The molecule has 38 heavy (non-hydrogen) atoms. The monoisotopic (exact) mass is 530 g/mol. The maximum Gasteiger partial charge on any atom is 0.422 e. The lowest BCUT2D eigenvalue weighted by Crippen LogP contribution is -2.20. The molecule has 0 aliphatic carbocycles. The van der Waals surface area contributed by atoms with Crippen LogP contribution in [0.25, 0.3) is 21.9 Å². The third-order valence-electron chi connectivity index (χ3n) is 6.51. The van der Waals surface area contributed by atoms with Crippen molar-refractivity contribution in [3.8, 4) is 16.9 Å². The van der Waals surface area contributed by atoms with Crippen molar-refractivity contribution in [3.05, 3.63) is 101 Å². The summed E-state index contributed by atoms with van der Waals surface area (Å²) < 4.78 is 84.8. The highest BCUT2D eigenvalue weighted by Gasteiger charge is 2.30. The van der Waals surface area contributed by atoms with Crippen molar-refractivity contribution >= 4 is 10.8 Å². The first-order valence-electron chi connectivity index (χ1n) is 12.6. The molecule has 0 saturated carbocycles. The summed E-state index contributed by atoms with van der Waals surface area (Å²) in [5.41, 5.74) is 3.88. The predicted molar refractivity (Wildman–Crippen MR) is 138 cm³/mol. The number of rotatable bonds is 10. The van der Waals surface area contributed by atoms with Crippen molar-refractivity contribution < 1.29 is 31.1 Å². The van der Waals surface area contributed by atoms with Crippen molar-refractivity contribution in [2.75, 3.05) is 6.61 Å². The number of hydrogen-bond acceptors (Lipinski definition) is 1. The summed E-state index contributed by atoms with van der Waals surface area (Å²) in [5.74, 6) is -3.95. The summed E-state index contributed by atoms with van der Waals surface area (Å²) in [6.07, 6.45) is 0.142. The Balaban J connectivity index is 1.46. The van der Waals surface area contributed by atoms with Crippen LogP contribution in [-0.4, -0.2) is 12.8 Å². The van der Waals surface area contributed by atoms with Crippen LogP contribution in [0, 0.1) is 17.5 Å². The van der Waals surface area contributed by atoms with Gasteiger partial charge in [-0.15, -0.1) is 0 Å². The first-order valence-corrected chi connectivity index (χ1v) is 12.6. The fraction of sp³-hybridized carbons (Fsp3) is 0.290. The largest absolute Gasteiger partial charge is 0.478 e. The van der Waals surface area contributed by atoms with Gasteiger partial charge in [0.25, 0.3) is 0 Å². The van der Waals surface area contributed by atoms with Gasteiger partial charge < -0.3 is 4.74 Å². The number of aryl methyl sites for hydroxylation is 3. The number of halogens is 6. The molecule has 0 radical (unpaired) electrons. The van der Waals surface area contributed by atoms with Gasteiger partial charge in [0.15, 0.2) is 24.0 Å². The molecule has 0 heterocycles. The van der Waals surface area contributed by atoms with E-state index in [0.29, 0.717) is 10.9 Å². The average Bonchev–Trinajstić information content (AvgIpc) is 2.87. The fourth-order valence-corrected chi connectivity index (χ4v) is 4.48. The van der Waals surface area contributed by atoms with Crippen LogP contribution in [0.2, 0.25) is 0 Å². The quantitative estimate of drug-likeness (QED) is 0.147. The highest BCUT2D eigenvalue weighted by atomic mass is 19.4. The molecule has 4 aromatic rings. The SMILES string of the molecule is CCCCCc1ccc(-c2ccc3c(F)c(CCc4cc(F)c(OCC(F)(F)F)c(F)c4)ccc3c2)cc1. The van der Waals surface area contributed by atoms with Gasteiger partial charge in [0.2, 0.25) is 0 Å². The molecule has 0 aliphatic heterocycles. The molecule has 0 amide bonds. The Morgan fingerprint density at radius 2 is 1.37 bits per heavy atom. The molecule has 0 atom stereocenters. The Morgan fingerprint density at radius 3 is 2.03 bits per heavy atom. The molecule has 0 aromatic heterocycles. The first-order chi connectivity index (χ1) is 18.1. The number of unbranched alkanes of at least 4 members (excludes halogenated alkanes) is 2. The van der Waals surface area contributed by atoms with Gasteiger partial charge >= 0.3 is 6.18 Å². The summed E-state index contributed by atoms with van der Waals surface area (Å²) in [6, 6.07) is 19.2. The molecule has 0 N–H and O–H groups in total. The minimum absolute atomic E-state index is 0.0957. The topological polar surface area (TPSA) is 9.23 Å². The van der Waals surface area contributed by atoms with Gasteiger partial charge in [0, 0.05) is 5.39 Å². The van der Waals surface area contributed by atoms with E-state index >= 15 is 4.39 Å². The summed E-state index contributed by atoms with van der Waals surface area (Å²) in [7, 11) is 0. The highest BCUT2D eigenvalue weighted by Crippen LogP contribution is 2.30. The molecular weight excluding hydrogens is 502 g/mol. The van der Waals surface area contributed by atoms with Gasteiger partial charge in [-0.2, -0.15) is 13.2 Å². The smallest absolute Gasteiger partial charge is 0.422 e. The van der Waals surface area contributed by atoms with E-state index in [1.165, 1.54) is 24.8 Å². The van der Waals surface area contributed by atoms with Crippen LogP contribution in [0.1, 0.15) is 42.9 Å². The summed E-state index contributed by atoms with van der Waals surface area (Å²) in [6.45, 7) is 0.383. The second-order valence-electron chi connectivity index (χ2n) is 9.42. The van der Waals surface area contributed by atoms with E-state index in [1.807, 2.05) is 18.2 Å². The maximum atomic E-state index is 15.3. The third-order valence-corrected chi connectivity index (χ3v) is 6.51. The molecule has 4 rings (SSSR count). The first kappa shape index (κ1) is 27.6. The highest BCUT2D eigenvalue weighted by molar-refractivity contribution is 5.88. The van der Waals surface area contributed by atoms with Crippen LogP contribution >= 0.6 is 0 Å². The lowest BCUT2D eigenvalue weighted by Gasteiger charge is -2.12. The Kier molecular flexibility index (Phi) is 8.65. The van der Waals surface area contributed by atoms with E-state index in [0.717, 1.165) is 35.1 Å². The zero-order valence-corrected chi connectivity index (χ0v) is 21.0. The molecule has 0 fully saturated rings. The maximum absolute atomic E-state index is 15.3.